The van der Waals surface area contributed by atoms with Crippen LogP contribution in [0.2, 0.25) is 0 Å². The molecule has 1 N–H and O–H groups in total. The van der Waals surface area contributed by atoms with Crippen LogP contribution >= 0.6 is 10.7 Å². The van der Waals surface area contributed by atoms with E-state index in [-0.39, 0.29) is 16.2 Å². The van der Waals surface area contributed by atoms with Crippen LogP contribution in [0.3, 0.4) is 0 Å². The molecular weight excluding hydrogens is 310 g/mol. The minimum absolute atomic E-state index is 0.0271. The van der Waals surface area contributed by atoms with Gasteiger partial charge >= 0.3 is 0 Å². The lowest BCUT2D eigenvalue weighted by atomic mass is 9.82. The smallest absolute Gasteiger partial charge is 0.261 e. The van der Waals surface area contributed by atoms with Crippen LogP contribution in [-0.2, 0) is 9.05 Å². The second-order valence-electron chi connectivity index (χ2n) is 6.40. The molecule has 0 aliphatic heterocycles. The summed E-state index contributed by atoms with van der Waals surface area (Å²) < 4.78 is 22.9. The van der Waals surface area contributed by atoms with Gasteiger partial charge in [0.1, 0.15) is 0 Å². The third kappa shape index (κ3) is 5.00. The number of hydrogen-bond acceptors (Lipinski definition) is 3. The van der Waals surface area contributed by atoms with E-state index in [9.17, 15) is 13.2 Å². The third-order valence-electron chi connectivity index (χ3n) is 3.76. The summed E-state index contributed by atoms with van der Waals surface area (Å²) >= 11 is 0. The van der Waals surface area contributed by atoms with E-state index >= 15 is 0 Å². The fourth-order valence-corrected chi connectivity index (χ4v) is 2.88. The molecule has 1 unspecified atom stereocenters. The van der Waals surface area contributed by atoms with Crippen molar-refractivity contribution in [2.45, 2.75) is 39.5 Å². The summed E-state index contributed by atoms with van der Waals surface area (Å²) in [5.41, 5.74) is 0.899. The Morgan fingerprint density at radius 1 is 1.33 bits per heavy atom. The highest BCUT2D eigenvalue weighted by Crippen LogP contribution is 2.25. The zero-order valence-corrected chi connectivity index (χ0v) is 14.6. The Kier molecular flexibility index (Phi) is 5.45. The van der Waals surface area contributed by atoms with Crippen LogP contribution in [0, 0.1) is 18.3 Å². The molecule has 1 aromatic rings. The second kappa shape index (κ2) is 6.36. The fraction of sp³-hybridized carbons (Fsp3) is 0.533. The number of nitrogens with one attached hydrogen (secondary N) is 1. The molecule has 4 nitrogen and oxygen atoms in total. The number of amides is 1. The number of halogens is 1. The standard InChI is InChI=1S/C15H22ClNO3S/c1-10-6-7-12(8-13(10)21(16,19)20)14(18)17-9-11(2)15(3,4)5/h6-8,11H,9H2,1-5H3,(H,17,18). The van der Waals surface area contributed by atoms with Crippen LogP contribution in [0.25, 0.3) is 0 Å². The van der Waals surface area contributed by atoms with Crippen molar-refractivity contribution in [3.05, 3.63) is 29.3 Å². The molecule has 1 aromatic carbocycles. The molecular formula is C15H22ClNO3S. The lowest BCUT2D eigenvalue weighted by molar-refractivity contribution is 0.0937. The van der Waals surface area contributed by atoms with Crippen molar-refractivity contribution in [1.82, 2.24) is 5.32 Å². The maximum Gasteiger partial charge on any atom is 0.261 e. The Morgan fingerprint density at radius 3 is 2.38 bits per heavy atom. The molecule has 118 valence electrons. The highest BCUT2D eigenvalue weighted by atomic mass is 35.7. The highest BCUT2D eigenvalue weighted by molar-refractivity contribution is 8.13. The summed E-state index contributed by atoms with van der Waals surface area (Å²) in [6.07, 6.45) is 0. The van der Waals surface area contributed by atoms with Crippen molar-refractivity contribution < 1.29 is 13.2 Å². The van der Waals surface area contributed by atoms with Gasteiger partial charge in [0.25, 0.3) is 15.0 Å². The van der Waals surface area contributed by atoms with Crippen molar-refractivity contribution >= 4 is 25.6 Å². The fourth-order valence-electron chi connectivity index (χ4n) is 1.66. The first-order chi connectivity index (χ1) is 9.43. The minimum atomic E-state index is -3.85. The molecule has 0 fully saturated rings. The Labute approximate surface area is 131 Å². The van der Waals surface area contributed by atoms with E-state index in [1.807, 2.05) is 0 Å². The molecule has 0 aliphatic carbocycles. The van der Waals surface area contributed by atoms with Gasteiger partial charge < -0.3 is 5.32 Å². The molecule has 0 saturated heterocycles. The Hall–Kier alpha value is -1.07. The van der Waals surface area contributed by atoms with Gasteiger partial charge in [0.15, 0.2) is 0 Å². The van der Waals surface area contributed by atoms with Crippen LogP contribution in [0.1, 0.15) is 43.6 Å². The Morgan fingerprint density at radius 2 is 1.90 bits per heavy atom. The van der Waals surface area contributed by atoms with Crippen molar-refractivity contribution in [2.24, 2.45) is 11.3 Å². The molecule has 6 heteroatoms. The molecule has 1 atom stereocenters. The average molecular weight is 332 g/mol. The summed E-state index contributed by atoms with van der Waals surface area (Å²) in [4.78, 5) is 12.1. The predicted octanol–water partition coefficient (Wildman–Crippen LogP) is 3.33. The first-order valence-corrected chi connectivity index (χ1v) is 9.07. The molecule has 21 heavy (non-hydrogen) atoms. The van der Waals surface area contributed by atoms with Crippen LogP contribution in [0.4, 0.5) is 0 Å². The molecule has 0 aromatic heterocycles. The quantitative estimate of drug-likeness (QED) is 0.861. The summed E-state index contributed by atoms with van der Waals surface area (Å²) in [6, 6.07) is 4.49. The topological polar surface area (TPSA) is 63.2 Å². The van der Waals surface area contributed by atoms with Crippen LogP contribution < -0.4 is 5.32 Å². The summed E-state index contributed by atoms with van der Waals surface area (Å²) in [5, 5.41) is 2.83. The van der Waals surface area contributed by atoms with Gasteiger partial charge in [-0.05, 0) is 36.0 Å². The van der Waals surface area contributed by atoms with E-state index in [0.29, 0.717) is 23.6 Å². The van der Waals surface area contributed by atoms with Crippen LogP contribution in [0.15, 0.2) is 23.1 Å². The highest BCUT2D eigenvalue weighted by Gasteiger charge is 2.21. The maximum atomic E-state index is 12.1. The lowest BCUT2D eigenvalue weighted by Gasteiger charge is -2.27. The van der Waals surface area contributed by atoms with Crippen molar-refractivity contribution in [2.75, 3.05) is 6.54 Å². The zero-order valence-electron chi connectivity index (χ0n) is 13.0. The monoisotopic (exact) mass is 331 g/mol. The number of rotatable bonds is 4. The number of carbonyl (C=O) groups is 1. The lowest BCUT2D eigenvalue weighted by Crippen LogP contribution is -2.33. The Bertz CT molecular complexity index is 633. The Balaban J connectivity index is 2.90. The van der Waals surface area contributed by atoms with E-state index < -0.39 is 9.05 Å². The number of carbonyl (C=O) groups excluding carboxylic acids is 1. The van der Waals surface area contributed by atoms with E-state index in [1.165, 1.54) is 6.07 Å². The van der Waals surface area contributed by atoms with Gasteiger partial charge in [-0.2, -0.15) is 0 Å². The van der Waals surface area contributed by atoms with Gasteiger partial charge in [-0.15, -0.1) is 0 Å². The maximum absolute atomic E-state index is 12.1. The van der Waals surface area contributed by atoms with E-state index in [4.69, 9.17) is 10.7 Å². The van der Waals surface area contributed by atoms with E-state index in [2.05, 4.69) is 33.0 Å². The SMILES string of the molecule is Cc1ccc(C(=O)NCC(C)C(C)(C)C)cc1S(=O)(=O)Cl. The largest absolute Gasteiger partial charge is 0.352 e. The van der Waals surface area contributed by atoms with Gasteiger partial charge in [0.05, 0.1) is 4.90 Å². The zero-order chi connectivity index (χ0) is 16.4. The van der Waals surface area contributed by atoms with Gasteiger partial charge in [-0.1, -0.05) is 33.8 Å². The summed E-state index contributed by atoms with van der Waals surface area (Å²) in [7, 11) is 1.52. The summed E-state index contributed by atoms with van der Waals surface area (Å²) in [6.45, 7) is 10.5. The average Bonchev–Trinajstić information content (AvgIpc) is 2.33. The molecule has 0 aliphatic rings. The molecule has 0 saturated carbocycles. The number of benzene rings is 1. The van der Waals surface area contributed by atoms with Crippen molar-refractivity contribution in [3.63, 3.8) is 0 Å². The van der Waals surface area contributed by atoms with Crippen LogP contribution in [0.5, 0.6) is 0 Å². The normalized spacial score (nSPS) is 13.8. The molecule has 1 rings (SSSR count). The van der Waals surface area contributed by atoms with Gasteiger partial charge in [-0.25, -0.2) is 8.42 Å². The predicted molar refractivity (Wildman–Crippen MR) is 85.2 cm³/mol. The van der Waals surface area contributed by atoms with E-state index in [0.717, 1.165) is 0 Å². The third-order valence-corrected chi connectivity index (χ3v) is 5.22. The first kappa shape index (κ1) is 18.0. The number of aryl methyl sites for hydroxylation is 1. The first-order valence-electron chi connectivity index (χ1n) is 6.76. The minimum Gasteiger partial charge on any atom is -0.352 e. The second-order valence-corrected chi connectivity index (χ2v) is 8.93. The van der Waals surface area contributed by atoms with Crippen LogP contribution in [-0.4, -0.2) is 20.9 Å². The molecule has 0 heterocycles. The number of hydrogen-bond donors (Lipinski definition) is 1. The van der Waals surface area contributed by atoms with Gasteiger partial charge in [-0.3, -0.25) is 4.79 Å². The molecule has 1 amide bonds. The van der Waals surface area contributed by atoms with Gasteiger partial charge in [0.2, 0.25) is 0 Å². The van der Waals surface area contributed by atoms with Gasteiger partial charge in [0, 0.05) is 22.8 Å². The summed E-state index contributed by atoms with van der Waals surface area (Å²) in [5.74, 6) is -0.00389. The van der Waals surface area contributed by atoms with Crippen molar-refractivity contribution in [3.8, 4) is 0 Å². The molecule has 0 radical (unpaired) electrons. The molecule has 0 bridgehead atoms. The molecule has 0 spiro atoms. The van der Waals surface area contributed by atoms with Crippen molar-refractivity contribution in [1.29, 1.82) is 0 Å². The van der Waals surface area contributed by atoms with E-state index in [1.54, 1.807) is 19.1 Å².